The molecule has 2 N–H and O–H groups in total. The van der Waals surface area contributed by atoms with Crippen LogP contribution in [-0.2, 0) is 10.2 Å². The molecule has 3 aliphatic rings. The quantitative estimate of drug-likeness (QED) is 0.708. The van der Waals surface area contributed by atoms with Gasteiger partial charge in [0.25, 0.3) is 0 Å². The van der Waals surface area contributed by atoms with Crippen molar-refractivity contribution in [2.75, 3.05) is 12.1 Å². The summed E-state index contributed by atoms with van der Waals surface area (Å²) in [5.41, 5.74) is 0.950. The van der Waals surface area contributed by atoms with E-state index in [1.165, 1.54) is 11.3 Å². The van der Waals surface area contributed by atoms with Gasteiger partial charge in [-0.15, -0.1) is 0 Å². The van der Waals surface area contributed by atoms with Crippen molar-refractivity contribution < 1.29 is 19.4 Å². The second-order valence-corrected chi connectivity index (χ2v) is 8.89. The largest absolute Gasteiger partial charge is 0.454 e. The number of nitrogens with zero attached hydrogens (tertiary/aromatic N) is 1. The van der Waals surface area contributed by atoms with Crippen molar-refractivity contribution in [1.29, 1.82) is 0 Å². The Hall–Kier alpha value is -2.61. The van der Waals surface area contributed by atoms with E-state index in [4.69, 9.17) is 21.1 Å². The lowest BCUT2D eigenvalue weighted by Crippen LogP contribution is -2.27. The molecule has 0 bridgehead atoms. The first-order chi connectivity index (χ1) is 14.6. The number of aliphatic hydroxyl groups is 1. The Labute approximate surface area is 182 Å². The second-order valence-electron chi connectivity index (χ2n) is 7.42. The van der Waals surface area contributed by atoms with Crippen LogP contribution in [0.25, 0.3) is 0 Å². The molecule has 1 fully saturated rings. The van der Waals surface area contributed by atoms with Gasteiger partial charge in [-0.05, 0) is 43.0 Å². The molecular formula is C22H19ClN2O4S. The van der Waals surface area contributed by atoms with E-state index < -0.39 is 11.5 Å². The van der Waals surface area contributed by atoms with E-state index in [0.29, 0.717) is 32.1 Å². The van der Waals surface area contributed by atoms with Crippen molar-refractivity contribution in [3.05, 3.63) is 69.7 Å². The molecule has 1 saturated carbocycles. The number of halogens is 1. The summed E-state index contributed by atoms with van der Waals surface area (Å²) >= 11 is 7.52. The lowest BCUT2D eigenvalue weighted by molar-refractivity contribution is -0.118. The average molecular weight is 443 g/mol. The minimum atomic E-state index is -0.900. The average Bonchev–Trinajstić information content (AvgIpc) is 3.29. The third-order valence-corrected chi connectivity index (χ3v) is 6.84. The topological polar surface area (TPSA) is 80.7 Å². The van der Waals surface area contributed by atoms with E-state index in [1.807, 2.05) is 36.4 Å². The number of fused-ring (bicyclic) bond motifs is 1. The Kier molecular flexibility index (Phi) is 4.89. The number of aromatic nitrogens is 1. The SMILES string of the molecule is O=C(Nc1ncc(C(O)C2=C(Cl)C=CCC=C2)s1)C1(c2ccc3c(c2)OCO3)CC1. The highest BCUT2D eigenvalue weighted by Gasteiger charge is 2.52. The summed E-state index contributed by atoms with van der Waals surface area (Å²) in [6.07, 6.45) is 10.4. The summed E-state index contributed by atoms with van der Waals surface area (Å²) in [5.74, 6) is 1.26. The number of benzene rings is 1. The van der Waals surface area contributed by atoms with Crippen molar-refractivity contribution >= 4 is 34.0 Å². The molecule has 0 spiro atoms. The number of carbonyl (C=O) groups excluding carboxylic acids is 1. The molecule has 30 heavy (non-hydrogen) atoms. The monoisotopic (exact) mass is 442 g/mol. The van der Waals surface area contributed by atoms with Crippen molar-refractivity contribution in [3.8, 4) is 11.5 Å². The molecule has 6 nitrogen and oxygen atoms in total. The van der Waals surface area contributed by atoms with Crippen LogP contribution in [-0.4, -0.2) is 22.8 Å². The molecule has 154 valence electrons. The maximum Gasteiger partial charge on any atom is 0.236 e. The van der Waals surface area contributed by atoms with Crippen LogP contribution in [0.4, 0.5) is 5.13 Å². The number of nitrogens with one attached hydrogen (secondary N) is 1. The maximum absolute atomic E-state index is 13.0. The predicted molar refractivity (Wildman–Crippen MR) is 115 cm³/mol. The summed E-state index contributed by atoms with van der Waals surface area (Å²) in [4.78, 5) is 18.0. The van der Waals surface area contributed by atoms with Gasteiger partial charge in [0.2, 0.25) is 12.7 Å². The van der Waals surface area contributed by atoms with Crippen LogP contribution in [0.3, 0.4) is 0 Å². The molecule has 0 radical (unpaired) electrons. The number of hydrogen-bond donors (Lipinski definition) is 2. The Morgan fingerprint density at radius 2 is 2.03 bits per heavy atom. The van der Waals surface area contributed by atoms with Crippen molar-refractivity contribution in [1.82, 2.24) is 4.98 Å². The highest BCUT2D eigenvalue weighted by Crippen LogP contribution is 2.51. The fourth-order valence-electron chi connectivity index (χ4n) is 3.65. The molecular weight excluding hydrogens is 424 g/mol. The highest BCUT2D eigenvalue weighted by atomic mass is 35.5. The molecule has 2 aromatic rings. The van der Waals surface area contributed by atoms with Gasteiger partial charge in [-0.25, -0.2) is 4.98 Å². The maximum atomic E-state index is 13.0. The molecule has 0 saturated heterocycles. The number of anilines is 1. The number of thiazole rings is 1. The molecule has 5 rings (SSSR count). The zero-order chi connectivity index (χ0) is 20.7. The minimum Gasteiger partial charge on any atom is -0.454 e. The lowest BCUT2D eigenvalue weighted by atomic mass is 9.94. The van der Waals surface area contributed by atoms with Gasteiger partial charge in [0, 0.05) is 16.8 Å². The van der Waals surface area contributed by atoms with E-state index in [-0.39, 0.29) is 12.7 Å². The van der Waals surface area contributed by atoms with E-state index in [2.05, 4.69) is 10.3 Å². The number of hydrogen-bond acceptors (Lipinski definition) is 6. The summed E-state index contributed by atoms with van der Waals surface area (Å²) in [6.45, 7) is 0.202. The first-order valence-electron chi connectivity index (χ1n) is 9.65. The Bertz CT molecular complexity index is 1100. The van der Waals surface area contributed by atoms with Crippen molar-refractivity contribution in [2.45, 2.75) is 30.8 Å². The molecule has 2 heterocycles. The zero-order valence-corrected chi connectivity index (χ0v) is 17.5. The molecule has 8 heteroatoms. The summed E-state index contributed by atoms with van der Waals surface area (Å²) < 4.78 is 10.8. The van der Waals surface area contributed by atoms with E-state index in [0.717, 1.165) is 24.8 Å². The van der Waals surface area contributed by atoms with Crippen LogP contribution < -0.4 is 14.8 Å². The molecule has 1 aromatic carbocycles. The second kappa shape index (κ2) is 7.58. The number of amides is 1. The minimum absolute atomic E-state index is 0.105. The molecule has 1 amide bonds. The standard InChI is InChI=1S/C22H19ClN2O4S/c23-15-5-3-1-2-4-14(15)19(26)18-11-24-21(30-18)25-20(27)22(8-9-22)13-6-7-16-17(10-13)29-12-28-16/h2-7,10-11,19,26H,1,8-9,12H2,(H,24,25,27). The normalized spacial score (nSPS) is 19.5. The Morgan fingerprint density at radius 1 is 1.23 bits per heavy atom. The smallest absolute Gasteiger partial charge is 0.236 e. The molecule has 1 aliphatic heterocycles. The van der Waals surface area contributed by atoms with Gasteiger partial charge in [0.05, 0.1) is 10.3 Å². The number of ether oxygens (including phenoxy) is 2. The van der Waals surface area contributed by atoms with Crippen molar-refractivity contribution in [3.63, 3.8) is 0 Å². The Morgan fingerprint density at radius 3 is 2.87 bits per heavy atom. The molecule has 1 unspecified atom stereocenters. The van der Waals surface area contributed by atoms with Crippen LogP contribution in [0.5, 0.6) is 11.5 Å². The van der Waals surface area contributed by atoms with E-state index in [9.17, 15) is 9.90 Å². The first kappa shape index (κ1) is 19.4. The zero-order valence-electron chi connectivity index (χ0n) is 15.9. The van der Waals surface area contributed by atoms with Crippen LogP contribution >= 0.6 is 22.9 Å². The summed E-state index contributed by atoms with van der Waals surface area (Å²) in [5, 5.41) is 14.6. The summed E-state index contributed by atoms with van der Waals surface area (Å²) in [6, 6.07) is 5.64. The highest BCUT2D eigenvalue weighted by molar-refractivity contribution is 7.15. The molecule has 1 aromatic heterocycles. The fraction of sp³-hybridized carbons (Fsp3) is 0.273. The fourth-order valence-corrected chi connectivity index (χ4v) is 4.72. The molecule has 2 aliphatic carbocycles. The third kappa shape index (κ3) is 3.43. The van der Waals surface area contributed by atoms with Crippen LogP contribution in [0, 0.1) is 0 Å². The predicted octanol–water partition coefficient (Wildman–Crippen LogP) is 4.58. The lowest BCUT2D eigenvalue weighted by Gasteiger charge is -2.15. The Balaban J connectivity index is 1.33. The van der Waals surface area contributed by atoms with Gasteiger partial charge in [-0.3, -0.25) is 4.79 Å². The van der Waals surface area contributed by atoms with E-state index in [1.54, 1.807) is 12.3 Å². The van der Waals surface area contributed by atoms with Gasteiger partial charge in [-0.2, -0.15) is 0 Å². The van der Waals surface area contributed by atoms with Crippen LogP contribution in [0.1, 0.15) is 35.8 Å². The van der Waals surface area contributed by atoms with Crippen LogP contribution in [0.2, 0.25) is 0 Å². The van der Waals surface area contributed by atoms with Gasteiger partial charge >= 0.3 is 0 Å². The van der Waals surface area contributed by atoms with Crippen molar-refractivity contribution in [2.24, 2.45) is 0 Å². The number of carbonyl (C=O) groups is 1. The van der Waals surface area contributed by atoms with Gasteiger partial charge in [0.15, 0.2) is 16.6 Å². The third-order valence-electron chi connectivity index (χ3n) is 5.53. The van der Waals surface area contributed by atoms with Gasteiger partial charge in [0.1, 0.15) is 6.10 Å². The number of aliphatic hydroxyl groups excluding tert-OH is 1. The first-order valence-corrected chi connectivity index (χ1v) is 10.8. The van der Waals surface area contributed by atoms with Gasteiger partial charge < -0.3 is 19.9 Å². The van der Waals surface area contributed by atoms with Gasteiger partial charge in [-0.1, -0.05) is 47.2 Å². The number of rotatable bonds is 5. The van der Waals surface area contributed by atoms with Crippen LogP contribution in [0.15, 0.2) is 59.3 Å². The summed E-state index contributed by atoms with van der Waals surface area (Å²) in [7, 11) is 0. The number of allylic oxidation sites excluding steroid dienone is 4. The van der Waals surface area contributed by atoms with E-state index >= 15 is 0 Å². The molecule has 1 atom stereocenters.